The zero-order valence-electron chi connectivity index (χ0n) is 34.5. The van der Waals surface area contributed by atoms with Gasteiger partial charge < -0.3 is 5.32 Å². The van der Waals surface area contributed by atoms with E-state index in [1.54, 1.807) is 0 Å². The third kappa shape index (κ3) is 7.08. The van der Waals surface area contributed by atoms with E-state index in [1.807, 2.05) is 12.1 Å². The molecule has 0 fully saturated rings. The van der Waals surface area contributed by atoms with Crippen molar-refractivity contribution in [2.24, 2.45) is 0 Å². The molecule has 2 heterocycles. The molecule has 0 bridgehead atoms. The van der Waals surface area contributed by atoms with Crippen LogP contribution in [0.4, 0.5) is 0 Å². The van der Waals surface area contributed by atoms with Crippen LogP contribution in [0.2, 0.25) is 0 Å². The molecule has 1 aliphatic heterocycles. The van der Waals surface area contributed by atoms with Gasteiger partial charge in [0.05, 0.1) is 28.5 Å². The predicted octanol–water partition coefficient (Wildman–Crippen LogP) is 14.2. The first kappa shape index (κ1) is 37.8. The molecule has 9 aromatic rings. The van der Waals surface area contributed by atoms with E-state index in [4.69, 9.17) is 9.97 Å². The molecule has 1 aromatic heterocycles. The van der Waals surface area contributed by atoms with Gasteiger partial charge in [-0.3, -0.25) is 5.41 Å². The molecule has 0 saturated carbocycles. The van der Waals surface area contributed by atoms with Crippen LogP contribution in [0.25, 0.3) is 66.7 Å². The van der Waals surface area contributed by atoms with Gasteiger partial charge in [0, 0.05) is 39.3 Å². The molecule has 0 amide bonds. The number of hydrogen-bond donors (Lipinski definition) is 2. The van der Waals surface area contributed by atoms with E-state index < -0.39 is 0 Å². The SMILES string of the molecule is N=C(/C(=C1\NC(c2ccccc2)=C(c2ccc(-c3nc(-c4ccccc4)cc(C4C=CC=CC4)n3)cc2)c2ccccc21)c1ccccc1)c1cc2ccccc2c2ccccc12. The lowest BCUT2D eigenvalue weighted by atomic mass is 9.82. The van der Waals surface area contributed by atoms with E-state index in [2.05, 4.69) is 218 Å². The highest BCUT2D eigenvalue weighted by atomic mass is 14.9. The highest BCUT2D eigenvalue weighted by molar-refractivity contribution is 6.40. The number of benzene rings is 8. The Kier molecular flexibility index (Phi) is 9.79. The van der Waals surface area contributed by atoms with Crippen LogP contribution in [0.5, 0.6) is 0 Å². The molecule has 0 spiro atoms. The van der Waals surface area contributed by atoms with Crippen LogP contribution in [0.1, 0.15) is 51.4 Å². The molecule has 2 aliphatic rings. The van der Waals surface area contributed by atoms with E-state index in [0.29, 0.717) is 11.5 Å². The van der Waals surface area contributed by atoms with Gasteiger partial charge in [-0.15, -0.1) is 0 Å². The number of allylic oxidation sites excluding steroid dienone is 5. The number of fused-ring (bicyclic) bond motifs is 4. The summed E-state index contributed by atoms with van der Waals surface area (Å²) < 4.78 is 0. The van der Waals surface area contributed by atoms with Crippen LogP contribution in [0.15, 0.2) is 224 Å². The van der Waals surface area contributed by atoms with E-state index in [9.17, 15) is 5.41 Å². The first-order chi connectivity index (χ1) is 31.2. The maximum atomic E-state index is 10.3. The third-order valence-electron chi connectivity index (χ3n) is 12.2. The van der Waals surface area contributed by atoms with E-state index in [0.717, 1.165) is 101 Å². The minimum Gasteiger partial charge on any atom is -0.353 e. The maximum Gasteiger partial charge on any atom is 0.160 e. The van der Waals surface area contributed by atoms with Crippen molar-refractivity contribution >= 4 is 49.8 Å². The topological polar surface area (TPSA) is 61.7 Å². The Bertz CT molecular complexity index is 3320. The lowest BCUT2D eigenvalue weighted by Gasteiger charge is -2.30. The van der Waals surface area contributed by atoms with Gasteiger partial charge in [0.25, 0.3) is 0 Å². The smallest absolute Gasteiger partial charge is 0.160 e. The summed E-state index contributed by atoms with van der Waals surface area (Å²) in [5, 5.41) is 18.8. The second-order valence-electron chi connectivity index (χ2n) is 16.1. The molecule has 4 heteroatoms. The zero-order valence-corrected chi connectivity index (χ0v) is 34.5. The van der Waals surface area contributed by atoms with Crippen molar-refractivity contribution in [1.82, 2.24) is 15.3 Å². The number of hydrogen-bond acceptors (Lipinski definition) is 4. The summed E-state index contributed by atoms with van der Waals surface area (Å²) in [6.07, 6.45) is 9.55. The van der Waals surface area contributed by atoms with Gasteiger partial charge in [-0.25, -0.2) is 9.97 Å². The van der Waals surface area contributed by atoms with Gasteiger partial charge in [-0.1, -0.05) is 212 Å². The molecule has 0 saturated heterocycles. The van der Waals surface area contributed by atoms with Crippen LogP contribution < -0.4 is 5.32 Å². The molecule has 1 unspecified atom stereocenters. The number of nitrogens with one attached hydrogen (secondary N) is 2. The molecule has 0 radical (unpaired) electrons. The Balaban J connectivity index is 1.09. The molecule has 4 nitrogen and oxygen atoms in total. The van der Waals surface area contributed by atoms with Crippen molar-refractivity contribution in [2.45, 2.75) is 12.3 Å². The van der Waals surface area contributed by atoms with E-state index in [-0.39, 0.29) is 5.92 Å². The van der Waals surface area contributed by atoms with Crippen molar-refractivity contribution in [3.05, 3.63) is 264 Å². The van der Waals surface area contributed by atoms with Crippen molar-refractivity contribution < 1.29 is 0 Å². The van der Waals surface area contributed by atoms with Crippen molar-refractivity contribution in [3.63, 3.8) is 0 Å². The summed E-state index contributed by atoms with van der Waals surface area (Å²) >= 11 is 0. The average molecular weight is 807 g/mol. The normalized spacial score (nSPS) is 15.3. The first-order valence-corrected chi connectivity index (χ1v) is 21.5. The molecular weight excluding hydrogens is 765 g/mol. The van der Waals surface area contributed by atoms with Gasteiger partial charge in [-0.05, 0) is 62.4 Å². The fraction of sp³-hybridized carbons (Fsp3) is 0.0339. The lowest BCUT2D eigenvalue weighted by Crippen LogP contribution is -2.23. The molecule has 1 aliphatic carbocycles. The Morgan fingerprint density at radius 2 is 1.14 bits per heavy atom. The van der Waals surface area contributed by atoms with Crippen LogP contribution in [0, 0.1) is 5.41 Å². The van der Waals surface area contributed by atoms with E-state index >= 15 is 0 Å². The maximum absolute atomic E-state index is 10.3. The van der Waals surface area contributed by atoms with Gasteiger partial charge in [0.2, 0.25) is 0 Å². The molecule has 63 heavy (non-hydrogen) atoms. The second-order valence-corrected chi connectivity index (χ2v) is 16.1. The third-order valence-corrected chi connectivity index (χ3v) is 12.2. The van der Waals surface area contributed by atoms with Crippen molar-refractivity contribution in [1.29, 1.82) is 5.41 Å². The first-order valence-electron chi connectivity index (χ1n) is 21.5. The quantitative estimate of drug-likeness (QED) is 0.119. The number of aromatic nitrogens is 2. The largest absolute Gasteiger partial charge is 0.353 e. The summed E-state index contributed by atoms with van der Waals surface area (Å²) in [4.78, 5) is 10.3. The summed E-state index contributed by atoms with van der Waals surface area (Å²) in [6.45, 7) is 0. The molecule has 2 N–H and O–H groups in total. The summed E-state index contributed by atoms with van der Waals surface area (Å²) in [5.74, 6) is 0.893. The summed E-state index contributed by atoms with van der Waals surface area (Å²) in [6, 6.07) is 69.9. The minimum atomic E-state index is 0.186. The molecule has 298 valence electrons. The average Bonchev–Trinajstić information content (AvgIpc) is 3.37. The molecule has 1 atom stereocenters. The zero-order chi connectivity index (χ0) is 42.1. The Hall–Kier alpha value is -8.21. The second kappa shape index (κ2) is 16.3. The minimum absolute atomic E-state index is 0.186. The highest BCUT2D eigenvalue weighted by Gasteiger charge is 2.29. The van der Waals surface area contributed by atoms with Crippen LogP contribution in [-0.4, -0.2) is 15.7 Å². The fourth-order valence-corrected chi connectivity index (χ4v) is 9.17. The number of nitrogens with zero attached hydrogens (tertiary/aromatic N) is 2. The van der Waals surface area contributed by atoms with Gasteiger partial charge in [0.15, 0.2) is 5.82 Å². The van der Waals surface area contributed by atoms with Crippen molar-refractivity contribution in [2.75, 3.05) is 0 Å². The Labute approximate surface area is 367 Å². The fourth-order valence-electron chi connectivity index (χ4n) is 9.17. The molecule has 8 aromatic carbocycles. The number of rotatable bonds is 8. The van der Waals surface area contributed by atoms with Crippen molar-refractivity contribution in [3.8, 4) is 22.6 Å². The van der Waals surface area contributed by atoms with Gasteiger partial charge in [0.1, 0.15) is 0 Å². The van der Waals surface area contributed by atoms with Crippen LogP contribution >= 0.6 is 0 Å². The van der Waals surface area contributed by atoms with Gasteiger partial charge >= 0.3 is 0 Å². The lowest BCUT2D eigenvalue weighted by molar-refractivity contribution is 0.811. The summed E-state index contributed by atoms with van der Waals surface area (Å²) in [5.41, 5.74) is 14.3. The standard InChI is InChI=1S/C59H42N4/c60-56(51-37-45-27-13-14-28-46(45)47-29-15-16-30-48(47)51)55(41-23-9-3-10-24-41)58-50-32-18-17-31-49(50)54(57(63-58)43-25-11-4-12-26-43)42-33-35-44(36-34-42)59-61-52(39-19-5-1-6-20-39)38-53(62-59)40-21-7-2-8-22-40/h1-21,23-38,40,60,63H,22H2/b58-55-,60-56?. The highest BCUT2D eigenvalue weighted by Crippen LogP contribution is 2.44. The van der Waals surface area contributed by atoms with Crippen LogP contribution in [0.3, 0.4) is 0 Å². The van der Waals surface area contributed by atoms with E-state index in [1.165, 1.54) is 5.39 Å². The van der Waals surface area contributed by atoms with Crippen LogP contribution in [-0.2, 0) is 0 Å². The predicted molar refractivity (Wildman–Crippen MR) is 262 cm³/mol. The Morgan fingerprint density at radius 3 is 1.87 bits per heavy atom. The van der Waals surface area contributed by atoms with Gasteiger partial charge in [-0.2, -0.15) is 0 Å². The molecular formula is C59H42N4. The summed E-state index contributed by atoms with van der Waals surface area (Å²) in [7, 11) is 0. The monoisotopic (exact) mass is 806 g/mol. The Morgan fingerprint density at radius 1 is 0.524 bits per heavy atom. The molecule has 11 rings (SSSR count).